The molecule has 1 heterocycles. The second-order valence-corrected chi connectivity index (χ2v) is 5.62. The van der Waals surface area contributed by atoms with Gasteiger partial charge in [0.05, 0.1) is 18.9 Å². The summed E-state index contributed by atoms with van der Waals surface area (Å²) in [6.07, 6.45) is 2.80. The van der Waals surface area contributed by atoms with Gasteiger partial charge in [-0.1, -0.05) is 17.7 Å². The molecule has 1 N–H and O–H groups in total. The third-order valence-electron chi connectivity index (χ3n) is 2.83. The molecular weight excluding hydrogens is 270 g/mol. The van der Waals surface area contributed by atoms with Crippen LogP contribution in [0.1, 0.15) is 24.2 Å². The highest BCUT2D eigenvalue weighted by molar-refractivity contribution is 7.99. The summed E-state index contributed by atoms with van der Waals surface area (Å²) in [4.78, 5) is 5.26. The van der Waals surface area contributed by atoms with Crippen LogP contribution in [0.25, 0.3) is 0 Å². The monoisotopic (exact) mass is 289 g/mol. The first kappa shape index (κ1) is 14.9. The van der Waals surface area contributed by atoms with Crippen LogP contribution >= 0.6 is 11.8 Å². The zero-order valence-electron chi connectivity index (χ0n) is 11.7. The summed E-state index contributed by atoms with van der Waals surface area (Å²) in [6, 6.07) is 10.1. The third kappa shape index (κ3) is 4.25. The van der Waals surface area contributed by atoms with E-state index >= 15 is 0 Å². The Kier molecular flexibility index (Phi) is 5.44. The topological polar surface area (TPSA) is 42.4 Å². The van der Waals surface area contributed by atoms with E-state index in [1.165, 1.54) is 5.56 Å². The summed E-state index contributed by atoms with van der Waals surface area (Å²) in [5.74, 6) is 1.30. The lowest BCUT2D eigenvalue weighted by atomic mass is 10.2. The lowest BCUT2D eigenvalue weighted by Crippen LogP contribution is -2.02. The minimum Gasteiger partial charge on any atom is -0.492 e. The van der Waals surface area contributed by atoms with Crippen molar-refractivity contribution in [3.8, 4) is 5.75 Å². The molecule has 0 aliphatic carbocycles. The Balaban J connectivity index is 1.97. The third-order valence-corrected chi connectivity index (χ3v) is 3.90. The summed E-state index contributed by atoms with van der Waals surface area (Å²) in [5, 5.41) is 10.2. The van der Waals surface area contributed by atoms with E-state index in [2.05, 4.69) is 30.1 Å². The lowest BCUT2D eigenvalue weighted by molar-refractivity contribution is 0.203. The van der Waals surface area contributed by atoms with E-state index in [-0.39, 0.29) is 0 Å². The highest BCUT2D eigenvalue weighted by Gasteiger charge is 2.10. The Labute approximate surface area is 124 Å². The fraction of sp³-hybridized carbons (Fsp3) is 0.312. The summed E-state index contributed by atoms with van der Waals surface area (Å²) in [7, 11) is 0. The Bertz CT molecular complexity index is 560. The minimum atomic E-state index is -0.548. The van der Waals surface area contributed by atoms with Gasteiger partial charge in [-0.2, -0.15) is 0 Å². The van der Waals surface area contributed by atoms with Gasteiger partial charge < -0.3 is 9.84 Å². The van der Waals surface area contributed by atoms with Crippen molar-refractivity contribution >= 4 is 11.8 Å². The molecule has 106 valence electrons. The van der Waals surface area contributed by atoms with Crippen LogP contribution in [0, 0.1) is 6.92 Å². The average Bonchev–Trinajstić information content (AvgIpc) is 2.45. The van der Waals surface area contributed by atoms with E-state index < -0.39 is 6.10 Å². The number of nitrogens with zero attached hydrogens (tertiary/aromatic N) is 1. The van der Waals surface area contributed by atoms with Gasteiger partial charge in [0.15, 0.2) is 0 Å². The van der Waals surface area contributed by atoms with Crippen molar-refractivity contribution in [1.29, 1.82) is 0 Å². The number of aryl methyl sites for hydroxylation is 1. The van der Waals surface area contributed by atoms with E-state index in [0.29, 0.717) is 18.1 Å². The van der Waals surface area contributed by atoms with Crippen LogP contribution in [0.2, 0.25) is 0 Å². The zero-order valence-corrected chi connectivity index (χ0v) is 12.6. The fourth-order valence-corrected chi connectivity index (χ4v) is 2.83. The first-order valence-corrected chi connectivity index (χ1v) is 7.63. The van der Waals surface area contributed by atoms with Crippen molar-refractivity contribution in [1.82, 2.24) is 4.98 Å². The van der Waals surface area contributed by atoms with Gasteiger partial charge in [-0.25, -0.2) is 0 Å². The standard InChI is InChI=1S/C16H19NO2S/c1-3-19-14-8-13(9-17-10-14)16(18)11-20-15-6-4-5-12(2)7-15/h4-10,16,18H,3,11H2,1-2H3. The molecule has 1 aromatic carbocycles. The first-order valence-electron chi connectivity index (χ1n) is 6.64. The van der Waals surface area contributed by atoms with Gasteiger partial charge in [-0.3, -0.25) is 4.98 Å². The molecule has 1 unspecified atom stereocenters. The fourth-order valence-electron chi connectivity index (χ4n) is 1.84. The van der Waals surface area contributed by atoms with Crippen molar-refractivity contribution in [2.24, 2.45) is 0 Å². The summed E-state index contributed by atoms with van der Waals surface area (Å²) in [5.41, 5.74) is 2.01. The van der Waals surface area contributed by atoms with E-state index in [4.69, 9.17) is 4.74 Å². The molecule has 3 nitrogen and oxygen atoms in total. The number of ether oxygens (including phenoxy) is 1. The molecule has 0 aliphatic heterocycles. The number of benzene rings is 1. The maximum absolute atomic E-state index is 10.2. The summed E-state index contributed by atoms with van der Waals surface area (Å²) in [6.45, 7) is 4.59. The normalized spacial score (nSPS) is 12.2. The molecule has 0 bridgehead atoms. The van der Waals surface area contributed by atoms with Crippen molar-refractivity contribution in [3.05, 3.63) is 53.9 Å². The molecule has 0 fully saturated rings. The van der Waals surface area contributed by atoms with Crippen LogP contribution in [-0.4, -0.2) is 22.5 Å². The Morgan fingerprint density at radius 2 is 2.15 bits per heavy atom. The molecule has 2 aromatic rings. The van der Waals surface area contributed by atoms with Gasteiger partial charge in [0, 0.05) is 22.4 Å². The maximum Gasteiger partial charge on any atom is 0.137 e. The molecule has 4 heteroatoms. The van der Waals surface area contributed by atoms with Crippen molar-refractivity contribution in [3.63, 3.8) is 0 Å². The van der Waals surface area contributed by atoms with E-state index in [1.54, 1.807) is 24.2 Å². The molecule has 0 amide bonds. The first-order chi connectivity index (χ1) is 9.69. The molecule has 0 radical (unpaired) electrons. The second kappa shape index (κ2) is 7.31. The number of aliphatic hydroxyl groups excluding tert-OH is 1. The summed E-state index contributed by atoms with van der Waals surface area (Å²) >= 11 is 1.64. The Hall–Kier alpha value is -1.52. The molecule has 2 rings (SSSR count). The summed E-state index contributed by atoms with van der Waals surface area (Å²) < 4.78 is 5.39. The predicted molar refractivity (Wildman–Crippen MR) is 82.3 cm³/mol. The number of hydrogen-bond donors (Lipinski definition) is 1. The average molecular weight is 289 g/mol. The van der Waals surface area contributed by atoms with Gasteiger partial charge >= 0.3 is 0 Å². The van der Waals surface area contributed by atoms with Gasteiger partial charge in [0.25, 0.3) is 0 Å². The van der Waals surface area contributed by atoms with Crippen LogP contribution in [-0.2, 0) is 0 Å². The van der Waals surface area contributed by atoms with Crippen molar-refractivity contribution < 1.29 is 9.84 Å². The number of thioether (sulfide) groups is 1. The largest absolute Gasteiger partial charge is 0.492 e. The van der Waals surface area contributed by atoms with E-state index in [9.17, 15) is 5.11 Å². The van der Waals surface area contributed by atoms with Crippen LogP contribution < -0.4 is 4.74 Å². The second-order valence-electron chi connectivity index (χ2n) is 4.53. The molecule has 0 saturated heterocycles. The smallest absolute Gasteiger partial charge is 0.137 e. The number of aromatic nitrogens is 1. The number of pyridine rings is 1. The van der Waals surface area contributed by atoms with Crippen LogP contribution in [0.5, 0.6) is 5.75 Å². The van der Waals surface area contributed by atoms with E-state index in [1.807, 2.05) is 19.1 Å². The molecule has 0 saturated carbocycles. The van der Waals surface area contributed by atoms with Crippen molar-refractivity contribution in [2.45, 2.75) is 24.8 Å². The predicted octanol–water partition coefficient (Wildman–Crippen LogP) is 3.61. The Morgan fingerprint density at radius 1 is 1.30 bits per heavy atom. The highest BCUT2D eigenvalue weighted by Crippen LogP contribution is 2.26. The van der Waals surface area contributed by atoms with Crippen molar-refractivity contribution in [2.75, 3.05) is 12.4 Å². The van der Waals surface area contributed by atoms with Gasteiger partial charge in [-0.15, -0.1) is 11.8 Å². The highest BCUT2D eigenvalue weighted by atomic mass is 32.2. The Morgan fingerprint density at radius 3 is 2.90 bits per heavy atom. The molecule has 1 atom stereocenters. The number of hydrogen-bond acceptors (Lipinski definition) is 4. The van der Waals surface area contributed by atoms with Crippen LogP contribution in [0.15, 0.2) is 47.6 Å². The lowest BCUT2D eigenvalue weighted by Gasteiger charge is -2.12. The van der Waals surface area contributed by atoms with E-state index in [0.717, 1.165) is 10.5 Å². The molecule has 0 aliphatic rings. The zero-order chi connectivity index (χ0) is 14.4. The van der Waals surface area contributed by atoms with Crippen LogP contribution in [0.4, 0.5) is 0 Å². The van der Waals surface area contributed by atoms with Crippen LogP contribution in [0.3, 0.4) is 0 Å². The number of rotatable bonds is 6. The molecule has 0 spiro atoms. The number of aliphatic hydroxyl groups is 1. The molecular formula is C16H19NO2S. The van der Waals surface area contributed by atoms with Gasteiger partial charge in [0.1, 0.15) is 5.75 Å². The molecule has 1 aromatic heterocycles. The quantitative estimate of drug-likeness (QED) is 0.825. The molecule has 20 heavy (non-hydrogen) atoms. The SMILES string of the molecule is CCOc1cncc(C(O)CSc2cccc(C)c2)c1. The van der Waals surface area contributed by atoms with Gasteiger partial charge in [0.2, 0.25) is 0 Å². The van der Waals surface area contributed by atoms with Gasteiger partial charge in [-0.05, 0) is 32.0 Å². The maximum atomic E-state index is 10.2. The minimum absolute atomic E-state index is 0.548.